The van der Waals surface area contributed by atoms with Gasteiger partial charge in [-0.1, -0.05) is 6.07 Å². The van der Waals surface area contributed by atoms with Crippen LogP contribution >= 0.6 is 0 Å². The quantitative estimate of drug-likeness (QED) is 0.688. The highest BCUT2D eigenvalue weighted by molar-refractivity contribution is 5.75. The molecule has 3 N–H and O–H groups in total. The lowest BCUT2D eigenvalue weighted by molar-refractivity contribution is 0.494. The molecule has 2 atom stereocenters. The highest BCUT2D eigenvalue weighted by Crippen LogP contribution is 2.21. The average molecular weight is 282 g/mol. The van der Waals surface area contributed by atoms with Gasteiger partial charge in [0.15, 0.2) is 0 Å². The highest BCUT2D eigenvalue weighted by atomic mass is 16.1. The smallest absolute Gasteiger partial charge is 0.306 e. The van der Waals surface area contributed by atoms with Crippen molar-refractivity contribution in [3.8, 4) is 0 Å². The fourth-order valence-corrected chi connectivity index (χ4v) is 2.54. The van der Waals surface area contributed by atoms with Crippen molar-refractivity contribution in [2.45, 2.75) is 25.9 Å². The third kappa shape index (κ3) is 2.87. The largest absolute Gasteiger partial charge is 0.323 e. The van der Waals surface area contributed by atoms with Gasteiger partial charge in [-0.15, -0.1) is 0 Å². The molecule has 2 unspecified atom stereocenters. The summed E-state index contributed by atoms with van der Waals surface area (Å²) in [5, 5.41) is 3.55. The van der Waals surface area contributed by atoms with Crippen molar-refractivity contribution in [1.82, 2.24) is 20.3 Å². The van der Waals surface area contributed by atoms with Crippen molar-refractivity contribution in [1.29, 1.82) is 0 Å². The summed E-state index contributed by atoms with van der Waals surface area (Å²) in [4.78, 5) is 20.9. The number of H-pyrrole nitrogens is 2. The third-order valence-corrected chi connectivity index (χ3v) is 3.75. The van der Waals surface area contributed by atoms with Crippen LogP contribution in [0.1, 0.15) is 37.1 Å². The van der Waals surface area contributed by atoms with E-state index < -0.39 is 0 Å². The van der Waals surface area contributed by atoms with Gasteiger partial charge in [0, 0.05) is 24.5 Å². The lowest BCUT2D eigenvalue weighted by atomic mass is 10.0. The van der Waals surface area contributed by atoms with Crippen LogP contribution in [0.25, 0.3) is 11.0 Å². The molecule has 0 saturated heterocycles. The molecule has 0 radical (unpaired) electrons. The molecular formula is C16H18N4O. The van der Waals surface area contributed by atoms with Gasteiger partial charge < -0.3 is 15.3 Å². The number of hydrogen-bond donors (Lipinski definition) is 3. The van der Waals surface area contributed by atoms with Crippen LogP contribution in [-0.4, -0.2) is 15.0 Å². The maximum Gasteiger partial charge on any atom is 0.323 e. The van der Waals surface area contributed by atoms with Gasteiger partial charge in [0.2, 0.25) is 0 Å². The molecule has 21 heavy (non-hydrogen) atoms. The summed E-state index contributed by atoms with van der Waals surface area (Å²) in [5.74, 6) is 0. The molecule has 0 amide bonds. The monoisotopic (exact) mass is 282 g/mol. The minimum absolute atomic E-state index is 0.173. The van der Waals surface area contributed by atoms with Crippen LogP contribution in [0.2, 0.25) is 0 Å². The number of benzene rings is 1. The lowest BCUT2D eigenvalue weighted by Crippen LogP contribution is -2.22. The van der Waals surface area contributed by atoms with Gasteiger partial charge in [0.25, 0.3) is 0 Å². The molecule has 5 heteroatoms. The molecule has 2 heterocycles. The number of nitrogens with one attached hydrogen (secondary N) is 3. The second kappa shape index (κ2) is 5.54. The molecule has 0 aliphatic rings. The van der Waals surface area contributed by atoms with Gasteiger partial charge in [-0.25, -0.2) is 4.79 Å². The Balaban J connectivity index is 1.80. The molecule has 0 saturated carbocycles. The van der Waals surface area contributed by atoms with Crippen molar-refractivity contribution < 1.29 is 0 Å². The molecule has 0 spiro atoms. The summed E-state index contributed by atoms with van der Waals surface area (Å²) in [5.41, 5.74) is 3.83. The number of nitrogens with zero attached hydrogens (tertiary/aromatic N) is 1. The van der Waals surface area contributed by atoms with Crippen molar-refractivity contribution in [2.24, 2.45) is 0 Å². The molecule has 0 fully saturated rings. The van der Waals surface area contributed by atoms with Gasteiger partial charge in [0.1, 0.15) is 0 Å². The summed E-state index contributed by atoms with van der Waals surface area (Å²) in [7, 11) is 0. The number of fused-ring (bicyclic) bond motifs is 1. The van der Waals surface area contributed by atoms with Gasteiger partial charge in [-0.05, 0) is 49.2 Å². The van der Waals surface area contributed by atoms with Crippen molar-refractivity contribution in [3.05, 3.63) is 64.3 Å². The SMILES string of the molecule is CC(NC(C)c1ccc2[nH]c(=O)[nH]c2c1)c1ccncc1. The van der Waals surface area contributed by atoms with E-state index in [1.165, 1.54) is 5.56 Å². The van der Waals surface area contributed by atoms with E-state index in [-0.39, 0.29) is 17.8 Å². The molecule has 3 aromatic rings. The van der Waals surface area contributed by atoms with Crippen LogP contribution in [0.4, 0.5) is 0 Å². The molecule has 3 rings (SSSR count). The normalized spacial score (nSPS) is 14.2. The Hall–Kier alpha value is -2.40. The van der Waals surface area contributed by atoms with E-state index >= 15 is 0 Å². The molecule has 108 valence electrons. The lowest BCUT2D eigenvalue weighted by Gasteiger charge is -2.20. The Bertz CT molecular complexity index is 791. The summed E-state index contributed by atoms with van der Waals surface area (Å²) >= 11 is 0. The molecular weight excluding hydrogens is 264 g/mol. The van der Waals surface area contributed by atoms with Crippen LogP contribution < -0.4 is 11.0 Å². The van der Waals surface area contributed by atoms with Gasteiger partial charge >= 0.3 is 5.69 Å². The number of aromatic nitrogens is 3. The second-order valence-corrected chi connectivity index (χ2v) is 5.27. The first kappa shape index (κ1) is 13.6. The fourth-order valence-electron chi connectivity index (χ4n) is 2.54. The van der Waals surface area contributed by atoms with Crippen LogP contribution in [0.15, 0.2) is 47.5 Å². The van der Waals surface area contributed by atoms with Crippen LogP contribution in [0.5, 0.6) is 0 Å². The number of pyridine rings is 1. The molecule has 0 aliphatic heterocycles. The molecule has 2 aromatic heterocycles. The first-order valence-corrected chi connectivity index (χ1v) is 7.01. The number of imidazole rings is 1. The third-order valence-electron chi connectivity index (χ3n) is 3.75. The summed E-state index contributed by atoms with van der Waals surface area (Å²) in [6, 6.07) is 10.4. The Labute approximate surface area is 122 Å². The first-order valence-electron chi connectivity index (χ1n) is 7.01. The van der Waals surface area contributed by atoms with Gasteiger partial charge in [-0.2, -0.15) is 0 Å². The molecule has 1 aromatic carbocycles. The van der Waals surface area contributed by atoms with Crippen molar-refractivity contribution in [2.75, 3.05) is 0 Å². The zero-order valence-corrected chi connectivity index (χ0v) is 12.1. The summed E-state index contributed by atoms with van der Waals surface area (Å²) in [6.07, 6.45) is 3.60. The predicted molar refractivity (Wildman–Crippen MR) is 83.1 cm³/mol. The summed E-state index contributed by atoms with van der Waals surface area (Å²) in [6.45, 7) is 4.24. The Morgan fingerprint density at radius 3 is 2.38 bits per heavy atom. The molecule has 0 aliphatic carbocycles. The maximum absolute atomic E-state index is 11.3. The van der Waals surface area contributed by atoms with Crippen LogP contribution in [0.3, 0.4) is 0 Å². The van der Waals surface area contributed by atoms with Crippen molar-refractivity contribution in [3.63, 3.8) is 0 Å². The highest BCUT2D eigenvalue weighted by Gasteiger charge is 2.12. The Kier molecular flexibility index (Phi) is 3.58. The summed E-state index contributed by atoms with van der Waals surface area (Å²) < 4.78 is 0. The number of aromatic amines is 2. The topological polar surface area (TPSA) is 73.6 Å². The average Bonchev–Trinajstić information content (AvgIpc) is 2.87. The van der Waals surface area contributed by atoms with E-state index in [2.05, 4.69) is 34.1 Å². The number of rotatable bonds is 4. The number of hydrogen-bond acceptors (Lipinski definition) is 3. The molecule has 5 nitrogen and oxygen atoms in total. The van der Waals surface area contributed by atoms with E-state index in [9.17, 15) is 4.79 Å². The van der Waals surface area contributed by atoms with Crippen LogP contribution in [-0.2, 0) is 0 Å². The fraction of sp³-hybridized carbons (Fsp3) is 0.250. The Morgan fingerprint density at radius 2 is 1.62 bits per heavy atom. The van der Waals surface area contributed by atoms with E-state index in [0.29, 0.717) is 0 Å². The van der Waals surface area contributed by atoms with Crippen LogP contribution in [0, 0.1) is 0 Å². The van der Waals surface area contributed by atoms with Gasteiger partial charge in [0.05, 0.1) is 11.0 Å². The van der Waals surface area contributed by atoms with E-state index in [4.69, 9.17) is 0 Å². The minimum atomic E-state index is -0.173. The predicted octanol–water partition coefficient (Wildman–Crippen LogP) is 2.66. The second-order valence-electron chi connectivity index (χ2n) is 5.27. The minimum Gasteiger partial charge on any atom is -0.306 e. The van der Waals surface area contributed by atoms with Gasteiger partial charge in [-0.3, -0.25) is 4.98 Å². The first-order chi connectivity index (χ1) is 10.1. The zero-order valence-electron chi connectivity index (χ0n) is 12.1. The van der Waals surface area contributed by atoms with Crippen molar-refractivity contribution >= 4 is 11.0 Å². The Morgan fingerprint density at radius 1 is 0.952 bits per heavy atom. The van der Waals surface area contributed by atoms with E-state index in [1.54, 1.807) is 12.4 Å². The standard InChI is InChI=1S/C16H18N4O/c1-10(12-5-7-17-8-6-12)18-11(2)13-3-4-14-15(9-13)20-16(21)19-14/h3-11,18H,1-2H3,(H2,19,20,21). The van der Waals surface area contributed by atoms with E-state index in [1.807, 2.05) is 30.3 Å². The maximum atomic E-state index is 11.3. The molecule has 0 bridgehead atoms. The zero-order chi connectivity index (χ0) is 14.8. The van der Waals surface area contributed by atoms with E-state index in [0.717, 1.165) is 16.6 Å².